The van der Waals surface area contributed by atoms with Crippen molar-refractivity contribution in [2.45, 2.75) is 19.8 Å². The Kier molecular flexibility index (Phi) is 2.00. The molecule has 68 valence electrons. The minimum Gasteiger partial charge on any atom is -0.277 e. The Morgan fingerprint density at radius 2 is 2.15 bits per heavy atom. The molecular weight excluding hydrogens is 184 g/mol. The summed E-state index contributed by atoms with van der Waals surface area (Å²) in [6.45, 7) is 4.26. The highest BCUT2D eigenvalue weighted by molar-refractivity contribution is 6.31. The van der Waals surface area contributed by atoms with E-state index in [1.165, 1.54) is 5.39 Å². The van der Waals surface area contributed by atoms with Gasteiger partial charge in [-0.15, -0.1) is 0 Å². The molecule has 2 nitrogen and oxygen atoms in total. The van der Waals surface area contributed by atoms with Crippen molar-refractivity contribution < 1.29 is 0 Å². The van der Waals surface area contributed by atoms with E-state index in [1.54, 1.807) is 0 Å². The van der Waals surface area contributed by atoms with E-state index in [0.717, 1.165) is 16.2 Å². The lowest BCUT2D eigenvalue weighted by Gasteiger charge is -1.99. The van der Waals surface area contributed by atoms with Gasteiger partial charge in [-0.1, -0.05) is 25.4 Å². The SMILES string of the molecule is CC(C)c1n[nH]c2cc(Cl)ccc12. The van der Waals surface area contributed by atoms with Crippen molar-refractivity contribution >= 4 is 22.5 Å². The molecule has 0 atom stereocenters. The second-order valence-electron chi connectivity index (χ2n) is 3.45. The molecule has 0 saturated carbocycles. The van der Waals surface area contributed by atoms with Crippen molar-refractivity contribution in [1.82, 2.24) is 10.2 Å². The van der Waals surface area contributed by atoms with E-state index in [-0.39, 0.29) is 0 Å². The highest BCUT2D eigenvalue weighted by atomic mass is 35.5. The van der Waals surface area contributed by atoms with Gasteiger partial charge in [0.15, 0.2) is 0 Å². The maximum atomic E-state index is 5.86. The van der Waals surface area contributed by atoms with Crippen LogP contribution in [0.15, 0.2) is 18.2 Å². The first-order valence-corrected chi connectivity index (χ1v) is 4.70. The maximum absolute atomic E-state index is 5.86. The van der Waals surface area contributed by atoms with Crippen molar-refractivity contribution in [2.24, 2.45) is 0 Å². The summed E-state index contributed by atoms with van der Waals surface area (Å²) >= 11 is 5.86. The minimum atomic E-state index is 0.440. The molecule has 3 heteroatoms. The third-order valence-corrected chi connectivity index (χ3v) is 2.34. The highest BCUT2D eigenvalue weighted by Crippen LogP contribution is 2.24. The smallest absolute Gasteiger partial charge is 0.0726 e. The Hall–Kier alpha value is -1.02. The molecule has 0 bridgehead atoms. The van der Waals surface area contributed by atoms with Crippen LogP contribution in [-0.4, -0.2) is 10.2 Å². The lowest BCUT2D eigenvalue weighted by atomic mass is 10.1. The molecule has 0 unspecified atom stereocenters. The first kappa shape index (κ1) is 8.57. The van der Waals surface area contributed by atoms with Crippen LogP contribution in [0.5, 0.6) is 0 Å². The lowest BCUT2D eigenvalue weighted by molar-refractivity contribution is 0.818. The van der Waals surface area contributed by atoms with Crippen LogP contribution in [0, 0.1) is 0 Å². The molecule has 13 heavy (non-hydrogen) atoms. The Bertz CT molecular complexity index is 431. The van der Waals surface area contributed by atoms with Gasteiger partial charge in [-0.05, 0) is 24.1 Å². The molecule has 1 aromatic carbocycles. The molecule has 0 fully saturated rings. The fraction of sp³-hybridized carbons (Fsp3) is 0.300. The number of rotatable bonds is 1. The van der Waals surface area contributed by atoms with Crippen LogP contribution in [0.2, 0.25) is 5.02 Å². The van der Waals surface area contributed by atoms with E-state index in [9.17, 15) is 0 Å². The van der Waals surface area contributed by atoms with Crippen molar-refractivity contribution in [3.63, 3.8) is 0 Å². The van der Waals surface area contributed by atoms with E-state index >= 15 is 0 Å². The number of aromatic amines is 1. The Morgan fingerprint density at radius 3 is 2.85 bits per heavy atom. The second kappa shape index (κ2) is 3.04. The average molecular weight is 195 g/mol. The van der Waals surface area contributed by atoms with Crippen LogP contribution in [0.4, 0.5) is 0 Å². The number of fused-ring (bicyclic) bond motifs is 1. The van der Waals surface area contributed by atoms with E-state index in [4.69, 9.17) is 11.6 Å². The summed E-state index contributed by atoms with van der Waals surface area (Å²) in [5.41, 5.74) is 2.11. The molecule has 1 aromatic heterocycles. The normalized spacial score (nSPS) is 11.4. The number of nitrogens with zero attached hydrogens (tertiary/aromatic N) is 1. The van der Waals surface area contributed by atoms with Crippen LogP contribution >= 0.6 is 11.6 Å². The summed E-state index contributed by atoms with van der Waals surface area (Å²) in [5.74, 6) is 0.440. The van der Waals surface area contributed by atoms with Crippen molar-refractivity contribution in [1.29, 1.82) is 0 Å². The summed E-state index contributed by atoms with van der Waals surface area (Å²) in [7, 11) is 0. The number of H-pyrrole nitrogens is 1. The average Bonchev–Trinajstić information content (AvgIpc) is 2.46. The molecule has 0 spiro atoms. The molecule has 1 heterocycles. The zero-order chi connectivity index (χ0) is 9.42. The molecule has 0 radical (unpaired) electrons. The zero-order valence-corrected chi connectivity index (χ0v) is 8.39. The van der Waals surface area contributed by atoms with Gasteiger partial charge >= 0.3 is 0 Å². The second-order valence-corrected chi connectivity index (χ2v) is 3.89. The standard InChI is InChI=1S/C10H11ClN2/c1-6(2)10-8-4-3-7(11)5-9(8)12-13-10/h3-6H,1-2H3,(H,12,13). The maximum Gasteiger partial charge on any atom is 0.0726 e. The molecule has 0 aliphatic rings. The summed E-state index contributed by atoms with van der Waals surface area (Å²) in [6, 6.07) is 5.80. The van der Waals surface area contributed by atoms with Crippen molar-refractivity contribution in [3.05, 3.63) is 28.9 Å². The van der Waals surface area contributed by atoms with Gasteiger partial charge in [-0.25, -0.2) is 0 Å². The van der Waals surface area contributed by atoms with Crippen LogP contribution in [0.3, 0.4) is 0 Å². The molecule has 0 saturated heterocycles. The number of benzene rings is 1. The van der Waals surface area contributed by atoms with E-state index in [0.29, 0.717) is 5.92 Å². The van der Waals surface area contributed by atoms with Gasteiger partial charge in [-0.3, -0.25) is 5.10 Å². The van der Waals surface area contributed by atoms with Gasteiger partial charge < -0.3 is 0 Å². The van der Waals surface area contributed by atoms with Gasteiger partial charge in [0.05, 0.1) is 11.2 Å². The van der Waals surface area contributed by atoms with E-state index in [2.05, 4.69) is 24.0 Å². The van der Waals surface area contributed by atoms with Crippen LogP contribution < -0.4 is 0 Å². The first-order chi connectivity index (χ1) is 6.18. The van der Waals surface area contributed by atoms with Crippen LogP contribution in [-0.2, 0) is 0 Å². The number of aromatic nitrogens is 2. The fourth-order valence-electron chi connectivity index (χ4n) is 1.45. The fourth-order valence-corrected chi connectivity index (χ4v) is 1.63. The predicted molar refractivity (Wildman–Crippen MR) is 55.2 cm³/mol. The number of nitrogens with one attached hydrogen (secondary N) is 1. The van der Waals surface area contributed by atoms with Gasteiger partial charge in [0.1, 0.15) is 0 Å². The number of halogens is 1. The number of hydrogen-bond donors (Lipinski definition) is 1. The molecule has 0 aliphatic carbocycles. The van der Waals surface area contributed by atoms with Crippen molar-refractivity contribution in [2.75, 3.05) is 0 Å². The van der Waals surface area contributed by atoms with E-state index in [1.807, 2.05) is 18.2 Å². The Labute approximate surface area is 81.9 Å². The largest absolute Gasteiger partial charge is 0.277 e. The molecular formula is C10H11ClN2. The van der Waals surface area contributed by atoms with Gasteiger partial charge in [-0.2, -0.15) is 5.10 Å². The topological polar surface area (TPSA) is 28.7 Å². The van der Waals surface area contributed by atoms with Gasteiger partial charge in [0.2, 0.25) is 0 Å². The van der Waals surface area contributed by atoms with E-state index < -0.39 is 0 Å². The summed E-state index contributed by atoms with van der Waals surface area (Å²) < 4.78 is 0. The van der Waals surface area contributed by atoms with Gasteiger partial charge in [0, 0.05) is 10.4 Å². The first-order valence-electron chi connectivity index (χ1n) is 4.32. The van der Waals surface area contributed by atoms with Crippen molar-refractivity contribution in [3.8, 4) is 0 Å². The predicted octanol–water partition coefficient (Wildman–Crippen LogP) is 3.34. The monoisotopic (exact) mass is 194 g/mol. The lowest BCUT2D eigenvalue weighted by Crippen LogP contribution is -1.87. The summed E-state index contributed by atoms with van der Waals surface area (Å²) in [5, 5.41) is 9.14. The molecule has 0 aliphatic heterocycles. The highest BCUT2D eigenvalue weighted by Gasteiger charge is 2.08. The summed E-state index contributed by atoms with van der Waals surface area (Å²) in [4.78, 5) is 0. The number of hydrogen-bond acceptors (Lipinski definition) is 1. The Balaban J connectivity index is 2.69. The van der Waals surface area contributed by atoms with Crippen LogP contribution in [0.1, 0.15) is 25.5 Å². The molecule has 2 aromatic rings. The third kappa shape index (κ3) is 1.42. The third-order valence-electron chi connectivity index (χ3n) is 2.10. The summed E-state index contributed by atoms with van der Waals surface area (Å²) in [6.07, 6.45) is 0. The quantitative estimate of drug-likeness (QED) is 0.741. The molecule has 0 amide bonds. The van der Waals surface area contributed by atoms with Gasteiger partial charge in [0.25, 0.3) is 0 Å². The molecule has 2 rings (SSSR count). The zero-order valence-electron chi connectivity index (χ0n) is 7.63. The van der Waals surface area contributed by atoms with Crippen LogP contribution in [0.25, 0.3) is 10.9 Å². The Morgan fingerprint density at radius 1 is 1.38 bits per heavy atom. The minimum absolute atomic E-state index is 0.440. The molecule has 1 N–H and O–H groups in total.